The molecule has 0 radical (unpaired) electrons. The molecule has 0 amide bonds. The second-order valence-electron chi connectivity index (χ2n) is 4.79. The van der Waals surface area contributed by atoms with Gasteiger partial charge < -0.3 is 10.3 Å². The molecule has 0 fully saturated rings. The van der Waals surface area contributed by atoms with Gasteiger partial charge in [-0.05, 0) is 32.4 Å². The predicted octanol–water partition coefficient (Wildman–Crippen LogP) is 2.03. The molecule has 0 aliphatic rings. The van der Waals surface area contributed by atoms with Crippen molar-refractivity contribution in [3.63, 3.8) is 0 Å². The average molecular weight is 258 g/mol. The Bertz CT molecular complexity index is 490. The highest BCUT2D eigenvalue weighted by Gasteiger charge is 2.18. The van der Waals surface area contributed by atoms with Gasteiger partial charge in [0.25, 0.3) is 10.1 Å². The minimum Gasteiger partial charge on any atom is -0.785 e. The normalized spacial score (nSPS) is 13.1. The highest BCUT2D eigenvalue weighted by atomic mass is 32.2. The van der Waals surface area contributed by atoms with E-state index in [0.717, 1.165) is 5.06 Å². The van der Waals surface area contributed by atoms with Crippen molar-refractivity contribution < 1.29 is 13.0 Å². The summed E-state index contributed by atoms with van der Waals surface area (Å²) in [6.07, 6.45) is 0. The van der Waals surface area contributed by atoms with Crippen molar-refractivity contribution in [2.45, 2.75) is 37.8 Å². The molecule has 0 spiro atoms. The van der Waals surface area contributed by atoms with Gasteiger partial charge in [-0.15, -0.1) is 0 Å². The molecule has 0 saturated carbocycles. The van der Waals surface area contributed by atoms with Crippen molar-refractivity contribution in [1.29, 1.82) is 0 Å². The lowest BCUT2D eigenvalue weighted by Gasteiger charge is -2.41. The van der Waals surface area contributed by atoms with Crippen LogP contribution in [0.1, 0.15) is 26.3 Å². The van der Waals surface area contributed by atoms with Crippen LogP contribution in [-0.4, -0.2) is 23.6 Å². The molecule has 0 saturated heterocycles. The zero-order valence-corrected chi connectivity index (χ0v) is 10.9. The van der Waals surface area contributed by atoms with E-state index in [4.69, 9.17) is 4.55 Å². The van der Waals surface area contributed by atoms with Gasteiger partial charge in [-0.2, -0.15) is 8.42 Å². The summed E-state index contributed by atoms with van der Waals surface area (Å²) in [5.74, 6) is 0. The first kappa shape index (κ1) is 14.1. The topological polar surface area (TPSA) is 80.7 Å². The number of nitrogens with zero attached hydrogens (tertiary/aromatic N) is 1. The van der Waals surface area contributed by atoms with Crippen LogP contribution in [0.5, 0.6) is 0 Å². The van der Waals surface area contributed by atoms with Gasteiger partial charge in [0, 0.05) is 12.1 Å². The Morgan fingerprint density at radius 3 is 2.29 bits per heavy atom. The number of hydrogen-bond donors (Lipinski definition) is 1. The van der Waals surface area contributed by atoms with Gasteiger partial charge >= 0.3 is 0 Å². The quantitative estimate of drug-likeness (QED) is 0.662. The molecule has 0 aliphatic carbocycles. The Hall–Kier alpha value is -0.950. The van der Waals surface area contributed by atoms with Crippen LogP contribution < -0.4 is 0 Å². The van der Waals surface area contributed by atoms with Crippen LogP contribution >= 0.6 is 0 Å². The maximum Gasteiger partial charge on any atom is 0.294 e. The molecule has 1 aromatic carbocycles. The summed E-state index contributed by atoms with van der Waals surface area (Å²) in [6.45, 7) is 5.11. The summed E-state index contributed by atoms with van der Waals surface area (Å²) in [4.78, 5) is -0.217. The lowest BCUT2D eigenvalue weighted by atomic mass is 10.1. The van der Waals surface area contributed by atoms with E-state index in [1.54, 1.807) is 26.8 Å². The van der Waals surface area contributed by atoms with E-state index in [1.807, 2.05) is 0 Å². The molecule has 1 N–H and O–H groups in total. The van der Waals surface area contributed by atoms with Crippen molar-refractivity contribution in [1.82, 2.24) is 5.06 Å². The van der Waals surface area contributed by atoms with E-state index in [1.165, 1.54) is 18.2 Å². The summed E-state index contributed by atoms with van der Waals surface area (Å²) in [5.41, 5.74) is -0.327. The summed E-state index contributed by atoms with van der Waals surface area (Å²) in [5, 5.41) is 12.5. The van der Waals surface area contributed by atoms with Crippen molar-refractivity contribution in [3.8, 4) is 0 Å². The third-order valence-electron chi connectivity index (χ3n) is 2.31. The number of rotatable bonds is 3. The molecule has 96 valence electrons. The lowest BCUT2D eigenvalue weighted by Crippen LogP contribution is -2.36. The predicted molar refractivity (Wildman–Crippen MR) is 64.9 cm³/mol. The van der Waals surface area contributed by atoms with E-state index < -0.39 is 15.7 Å². The lowest BCUT2D eigenvalue weighted by molar-refractivity contribution is 0.197. The van der Waals surface area contributed by atoms with Crippen molar-refractivity contribution in [3.05, 3.63) is 35.0 Å². The number of benzene rings is 1. The third kappa shape index (κ3) is 3.78. The van der Waals surface area contributed by atoms with Crippen molar-refractivity contribution in [2.75, 3.05) is 0 Å². The molecule has 0 aromatic heterocycles. The van der Waals surface area contributed by atoms with Crippen molar-refractivity contribution >= 4 is 10.1 Å². The van der Waals surface area contributed by atoms with Crippen molar-refractivity contribution in [2.24, 2.45) is 0 Å². The van der Waals surface area contributed by atoms with E-state index in [9.17, 15) is 13.6 Å². The fraction of sp³-hybridized carbons (Fsp3) is 0.455. The molecule has 1 aromatic rings. The molecular formula is C11H16NO4S-. The average Bonchev–Trinajstić information content (AvgIpc) is 2.15. The first-order chi connectivity index (χ1) is 7.62. The van der Waals surface area contributed by atoms with E-state index in [0.29, 0.717) is 5.56 Å². The molecule has 0 aliphatic heterocycles. The summed E-state index contributed by atoms with van der Waals surface area (Å²) in [7, 11) is -4.29. The van der Waals surface area contributed by atoms with Crippen LogP contribution in [0.4, 0.5) is 0 Å². The Morgan fingerprint density at radius 1 is 1.29 bits per heavy atom. The van der Waals surface area contributed by atoms with Crippen LogP contribution in [0.25, 0.3) is 0 Å². The van der Waals surface area contributed by atoms with Gasteiger partial charge in [0.15, 0.2) is 0 Å². The molecule has 1 rings (SSSR count). The molecule has 0 unspecified atom stereocenters. The second kappa shape index (κ2) is 4.73. The molecule has 6 heteroatoms. The van der Waals surface area contributed by atoms with Gasteiger partial charge in [-0.3, -0.25) is 4.55 Å². The summed E-state index contributed by atoms with van der Waals surface area (Å²) < 4.78 is 31.3. The fourth-order valence-electron chi connectivity index (χ4n) is 1.28. The van der Waals surface area contributed by atoms with Crippen LogP contribution in [0, 0.1) is 5.21 Å². The highest BCUT2D eigenvalue weighted by Crippen LogP contribution is 2.20. The van der Waals surface area contributed by atoms with Gasteiger partial charge in [-0.1, -0.05) is 18.2 Å². The van der Waals surface area contributed by atoms with Gasteiger partial charge in [0.1, 0.15) is 0 Å². The smallest absolute Gasteiger partial charge is 0.294 e. The molecule has 17 heavy (non-hydrogen) atoms. The largest absolute Gasteiger partial charge is 0.785 e. The monoisotopic (exact) mass is 258 g/mol. The van der Waals surface area contributed by atoms with E-state index in [-0.39, 0.29) is 11.4 Å². The van der Waals surface area contributed by atoms with Crippen LogP contribution in [0.2, 0.25) is 0 Å². The van der Waals surface area contributed by atoms with Gasteiger partial charge in [0.2, 0.25) is 0 Å². The third-order valence-corrected chi connectivity index (χ3v) is 3.27. The summed E-state index contributed by atoms with van der Waals surface area (Å²) >= 11 is 0. The highest BCUT2D eigenvalue weighted by molar-refractivity contribution is 7.85. The summed E-state index contributed by atoms with van der Waals surface area (Å²) in [6, 6.07) is 5.92. The van der Waals surface area contributed by atoms with Crippen LogP contribution in [0.15, 0.2) is 29.2 Å². The first-order valence-corrected chi connectivity index (χ1v) is 6.56. The Labute approximate surface area is 101 Å². The SMILES string of the molecule is CC(C)(C)N([O-])Cc1ccccc1S(=O)(=O)O. The zero-order valence-electron chi connectivity index (χ0n) is 10.0. The number of hydrogen-bond acceptors (Lipinski definition) is 4. The zero-order chi connectivity index (χ0) is 13.3. The maximum atomic E-state index is 11.8. The minimum absolute atomic E-state index is 0.0839. The Morgan fingerprint density at radius 2 is 1.82 bits per heavy atom. The molecular weight excluding hydrogens is 242 g/mol. The minimum atomic E-state index is -4.29. The molecule has 0 atom stereocenters. The van der Waals surface area contributed by atoms with E-state index >= 15 is 0 Å². The standard InChI is InChI=1S/C11H16NO4S/c1-11(2,3)12(13)8-9-6-4-5-7-10(9)17(14,15)16/h4-7H,8H2,1-3H3,(H,14,15,16)/q-1. The van der Waals surface area contributed by atoms with Gasteiger partial charge in [0.05, 0.1) is 4.90 Å². The first-order valence-electron chi connectivity index (χ1n) is 5.12. The molecule has 0 heterocycles. The second-order valence-corrected chi connectivity index (χ2v) is 6.18. The van der Waals surface area contributed by atoms with Gasteiger partial charge in [-0.25, -0.2) is 0 Å². The Kier molecular flexibility index (Phi) is 3.93. The fourth-order valence-corrected chi connectivity index (χ4v) is 1.99. The number of hydroxylamine groups is 2. The van der Waals surface area contributed by atoms with E-state index in [2.05, 4.69) is 0 Å². The molecule has 0 bridgehead atoms. The van der Waals surface area contributed by atoms with Crippen LogP contribution in [-0.2, 0) is 16.7 Å². The maximum absolute atomic E-state index is 11.8. The Balaban J connectivity index is 3.09. The molecule has 5 nitrogen and oxygen atoms in total. The van der Waals surface area contributed by atoms with Crippen LogP contribution in [0.3, 0.4) is 0 Å².